The van der Waals surface area contributed by atoms with E-state index in [9.17, 15) is 0 Å². The van der Waals surface area contributed by atoms with Gasteiger partial charge in [-0.05, 0) is 0 Å². The van der Waals surface area contributed by atoms with Gasteiger partial charge in [0.1, 0.15) is 0 Å². The molecule has 0 atom stereocenters. The molecular weight excluding hydrogens is 236 g/mol. The Hall–Kier alpha value is 1.72. The van der Waals surface area contributed by atoms with E-state index in [-0.39, 0.29) is 48.9 Å². The first-order valence-electron chi connectivity index (χ1n) is 0.565. The van der Waals surface area contributed by atoms with Gasteiger partial charge in [0.15, 0.2) is 0 Å². The molecule has 0 aromatic heterocycles. The van der Waals surface area contributed by atoms with Crippen LogP contribution in [0.5, 0.6) is 0 Å². The van der Waals surface area contributed by atoms with Gasteiger partial charge in [-0.25, -0.2) is 0 Å². The zero-order valence-corrected chi connectivity index (χ0v) is 3.11. The van der Waals surface area contributed by atoms with E-state index in [0.29, 0.717) is 0 Å². The van der Waals surface area contributed by atoms with Gasteiger partial charge >= 0.3 is 75.7 Å². The molecule has 1 N–H and O–H groups in total. The van der Waals surface area contributed by atoms with Crippen LogP contribution in [0.15, 0.2) is 0 Å². The molecule has 5 heavy (non-hydrogen) atoms. The molecule has 0 saturated carbocycles. The summed E-state index contributed by atoms with van der Waals surface area (Å²) in [6.07, 6.45) is 0. The van der Waals surface area contributed by atoms with Crippen molar-refractivity contribution in [1.29, 1.82) is 0 Å². The molecule has 0 spiro atoms. The van der Waals surface area contributed by atoms with Crippen LogP contribution in [0.3, 0.4) is 0 Å². The van der Waals surface area contributed by atoms with Crippen molar-refractivity contribution in [3.05, 3.63) is 0 Å². The molecule has 0 aromatic carbocycles. The maximum atomic E-state index is 8.67. The van der Waals surface area contributed by atoms with Gasteiger partial charge in [-0.3, -0.25) is 0 Å². The summed E-state index contributed by atoms with van der Waals surface area (Å²) in [6.45, 7) is 0. The van der Waals surface area contributed by atoms with Crippen LogP contribution < -0.4 is 0 Å². The van der Waals surface area contributed by atoms with Crippen LogP contribution in [0.4, 0.5) is 0 Å². The molecule has 0 unspecified atom stereocenters. The summed E-state index contributed by atoms with van der Waals surface area (Å²) >= 11 is -3.69. The summed E-state index contributed by atoms with van der Waals surface area (Å²) in [5, 5.41) is 0. The minimum atomic E-state index is -3.69. The van der Waals surface area contributed by atoms with Crippen LogP contribution in [0.25, 0.3) is 0 Å². The van der Waals surface area contributed by atoms with Crippen LogP contribution in [-0.4, -0.2) is 52.9 Å². The molecule has 28 valence electrons. The fourth-order valence-electron chi connectivity index (χ4n) is 0. The van der Waals surface area contributed by atoms with Crippen LogP contribution in [0.2, 0.25) is 0 Å². The fraction of sp³-hybridized carbons (Fsp3) is 0. The number of hydrogen-bond acceptors (Lipinski definition) is 2. The predicted molar refractivity (Wildman–Crippen MR) is 12.1 cm³/mol. The van der Waals surface area contributed by atoms with Crippen molar-refractivity contribution in [3.8, 4) is 0 Å². The third-order valence-electron chi connectivity index (χ3n) is 0. The molecule has 0 aliphatic rings. The first-order valence-corrected chi connectivity index (χ1v) is 2.33. The molecule has 0 aliphatic heterocycles. The van der Waals surface area contributed by atoms with Crippen molar-refractivity contribution < 1.29 is 26.8 Å². The van der Waals surface area contributed by atoms with Gasteiger partial charge < -0.3 is 0 Å². The Kier molecular flexibility index (Phi) is 11.3. The second-order valence-electron chi connectivity index (χ2n) is 0.238. The third kappa shape index (κ3) is 26.8. The van der Waals surface area contributed by atoms with E-state index in [1.807, 2.05) is 0 Å². The Morgan fingerprint density at radius 3 is 1.40 bits per heavy atom. The van der Waals surface area contributed by atoms with Crippen molar-refractivity contribution in [3.63, 3.8) is 0 Å². The summed E-state index contributed by atoms with van der Waals surface area (Å²) < 4.78 is 24.4. The van der Waals surface area contributed by atoms with Crippen molar-refractivity contribution in [2.24, 2.45) is 0 Å². The van der Waals surface area contributed by atoms with Crippen LogP contribution in [0, 0.1) is 0 Å². The van der Waals surface area contributed by atoms with Crippen molar-refractivity contribution in [2.45, 2.75) is 0 Å². The van der Waals surface area contributed by atoms with Crippen molar-refractivity contribution >= 4 is 48.9 Å². The predicted octanol–water partition coefficient (Wildman–Crippen LogP) is -1.71. The molecule has 3 nitrogen and oxygen atoms in total. The number of rotatable bonds is 0. The van der Waals surface area contributed by atoms with Crippen molar-refractivity contribution in [1.82, 2.24) is 0 Å². The van der Waals surface area contributed by atoms with Crippen LogP contribution in [-0.2, 0) is 22.7 Å². The molecule has 0 amide bonds. The SMILES string of the molecule is [BaH2].[O]=[V](=[O])[OH]. The Morgan fingerprint density at radius 2 is 1.40 bits per heavy atom. The first kappa shape index (κ1) is 9.87. The normalized spacial score (nSPS) is 5.00. The Morgan fingerprint density at radius 1 is 1.40 bits per heavy atom. The molecular formula is H3BaO3V. The van der Waals surface area contributed by atoms with Gasteiger partial charge in [0, 0.05) is 0 Å². The van der Waals surface area contributed by atoms with Crippen LogP contribution in [0.1, 0.15) is 0 Å². The summed E-state index contributed by atoms with van der Waals surface area (Å²) in [4.78, 5) is 0. The molecule has 0 saturated heterocycles. The average molecular weight is 239 g/mol. The summed E-state index contributed by atoms with van der Waals surface area (Å²) in [7, 11) is 0. The molecule has 0 aliphatic carbocycles. The van der Waals surface area contributed by atoms with E-state index in [1.54, 1.807) is 0 Å². The fourth-order valence-corrected chi connectivity index (χ4v) is 0. The second kappa shape index (κ2) is 5.72. The van der Waals surface area contributed by atoms with Crippen LogP contribution >= 0.6 is 0 Å². The summed E-state index contributed by atoms with van der Waals surface area (Å²) in [5.41, 5.74) is 0. The quantitative estimate of drug-likeness (QED) is 0.512. The topological polar surface area (TPSA) is 54.4 Å². The molecule has 0 bridgehead atoms. The van der Waals surface area contributed by atoms with E-state index in [1.165, 1.54) is 0 Å². The van der Waals surface area contributed by atoms with Gasteiger partial charge in [-0.1, -0.05) is 0 Å². The first-order chi connectivity index (χ1) is 1.73. The van der Waals surface area contributed by atoms with Gasteiger partial charge in [0.05, 0.1) is 0 Å². The van der Waals surface area contributed by atoms with Gasteiger partial charge in [0.25, 0.3) is 0 Å². The molecule has 0 radical (unpaired) electrons. The minimum absolute atomic E-state index is 0. The van der Waals surface area contributed by atoms with E-state index < -0.39 is 15.4 Å². The van der Waals surface area contributed by atoms with Gasteiger partial charge in [0.2, 0.25) is 0 Å². The molecule has 0 heterocycles. The number of hydrogen-bond donors (Lipinski definition) is 1. The Labute approximate surface area is 74.2 Å². The zero-order chi connectivity index (χ0) is 3.58. The maximum absolute atomic E-state index is 8.67. The van der Waals surface area contributed by atoms with E-state index in [4.69, 9.17) is 11.4 Å². The van der Waals surface area contributed by atoms with Gasteiger partial charge in [-0.2, -0.15) is 0 Å². The Bertz CT molecular complexity index is 55.3. The molecule has 0 fully saturated rings. The summed E-state index contributed by atoms with van der Waals surface area (Å²) in [6, 6.07) is 0. The van der Waals surface area contributed by atoms with Gasteiger partial charge in [-0.15, -0.1) is 0 Å². The van der Waals surface area contributed by atoms with E-state index >= 15 is 0 Å². The monoisotopic (exact) mass is 240 g/mol. The van der Waals surface area contributed by atoms with E-state index in [2.05, 4.69) is 0 Å². The molecule has 0 aromatic rings. The average Bonchev–Trinajstić information content (AvgIpc) is 0.811. The molecule has 5 heteroatoms. The zero-order valence-electron chi connectivity index (χ0n) is 1.71. The Balaban J connectivity index is 0. The standard InChI is InChI=1S/Ba.H2O.2O.V.2H/h;1H2;;;;;/q;;;;+1;;/p-1. The van der Waals surface area contributed by atoms with Crippen molar-refractivity contribution in [2.75, 3.05) is 0 Å². The second-order valence-corrected chi connectivity index (χ2v) is 0.981. The third-order valence-corrected chi connectivity index (χ3v) is 0. The molecule has 0 rings (SSSR count). The summed E-state index contributed by atoms with van der Waals surface area (Å²) in [5.74, 6) is 0. The van der Waals surface area contributed by atoms with E-state index in [0.717, 1.165) is 0 Å².